The first-order valence-electron chi connectivity index (χ1n) is 11.2. The first-order valence-corrected chi connectivity index (χ1v) is 11.2. The lowest BCUT2D eigenvalue weighted by Crippen LogP contribution is -2.26. The third-order valence-corrected chi connectivity index (χ3v) is 7.15. The van der Waals surface area contributed by atoms with Gasteiger partial charge in [-0.05, 0) is 87.5 Å². The van der Waals surface area contributed by atoms with Gasteiger partial charge in [0.05, 0.1) is 0 Å². The van der Waals surface area contributed by atoms with Gasteiger partial charge in [-0.1, -0.05) is 88.4 Å². The van der Waals surface area contributed by atoms with Gasteiger partial charge >= 0.3 is 0 Å². The Balaban J connectivity index is 1.86. The van der Waals surface area contributed by atoms with Crippen molar-refractivity contribution in [2.45, 2.75) is 59.3 Å². The van der Waals surface area contributed by atoms with E-state index in [0.29, 0.717) is 5.92 Å². The van der Waals surface area contributed by atoms with Crippen LogP contribution >= 0.6 is 0 Å². The number of hydrogen-bond acceptors (Lipinski definition) is 0. The quantitative estimate of drug-likeness (QED) is 0.480. The molecule has 5 rings (SSSR count). The maximum Gasteiger partial charge on any atom is -0.00222 e. The predicted octanol–water partition coefficient (Wildman–Crippen LogP) is 7.51. The maximum atomic E-state index is 4.43. The van der Waals surface area contributed by atoms with E-state index >= 15 is 0 Å². The zero-order valence-corrected chi connectivity index (χ0v) is 18.3. The summed E-state index contributed by atoms with van der Waals surface area (Å²) in [4.78, 5) is 0. The highest BCUT2D eigenvalue weighted by Gasteiger charge is 2.35. The Morgan fingerprint density at radius 3 is 2.52 bits per heavy atom. The lowest BCUT2D eigenvalue weighted by molar-refractivity contribution is 0.442. The van der Waals surface area contributed by atoms with Gasteiger partial charge in [-0.3, -0.25) is 0 Å². The summed E-state index contributed by atoms with van der Waals surface area (Å²) in [5.74, 6) is 1.39. The SMILES string of the molecule is C=C1C=C(c2ccccc2)c2c3c(c4c(c2C1)C(C)CC(C)C4)C=CC(C)(C)C3. The molecule has 0 bridgehead atoms. The molecule has 148 valence electrons. The van der Waals surface area contributed by atoms with Crippen molar-refractivity contribution >= 4 is 11.6 Å². The lowest BCUT2D eigenvalue weighted by atomic mass is 9.65. The van der Waals surface area contributed by atoms with Crippen molar-refractivity contribution in [2.75, 3.05) is 0 Å². The highest BCUT2D eigenvalue weighted by Crippen LogP contribution is 2.49. The Kier molecular flexibility index (Phi) is 4.24. The van der Waals surface area contributed by atoms with Crippen molar-refractivity contribution in [3.8, 4) is 0 Å². The molecular formula is C29H32. The van der Waals surface area contributed by atoms with Gasteiger partial charge in [-0.2, -0.15) is 0 Å². The van der Waals surface area contributed by atoms with Gasteiger partial charge in [-0.15, -0.1) is 0 Å². The molecule has 0 radical (unpaired) electrons. The molecule has 2 unspecified atom stereocenters. The van der Waals surface area contributed by atoms with Gasteiger partial charge in [-0.25, -0.2) is 0 Å². The number of rotatable bonds is 1. The standard InChI is InChI=1S/C29H32/c1-18-13-20(3)27-24(15-18)22-11-12-29(4,5)17-26(22)28-23(14-19(2)16-25(27)28)21-9-7-6-8-10-21/h6-12,14,18,20H,2,13,15-17H2,1,3-5H3. The predicted molar refractivity (Wildman–Crippen MR) is 125 cm³/mol. The molecule has 0 nitrogen and oxygen atoms in total. The summed E-state index contributed by atoms with van der Waals surface area (Å²) in [7, 11) is 0. The Morgan fingerprint density at radius 1 is 1.00 bits per heavy atom. The van der Waals surface area contributed by atoms with Gasteiger partial charge in [0.15, 0.2) is 0 Å². The molecule has 3 aliphatic carbocycles. The third-order valence-electron chi connectivity index (χ3n) is 7.15. The average molecular weight is 381 g/mol. The van der Waals surface area contributed by atoms with Gasteiger partial charge in [0, 0.05) is 0 Å². The summed E-state index contributed by atoms with van der Waals surface area (Å²) >= 11 is 0. The van der Waals surface area contributed by atoms with E-state index in [9.17, 15) is 0 Å². The third kappa shape index (κ3) is 3.05. The first-order chi connectivity index (χ1) is 13.8. The minimum absolute atomic E-state index is 0.206. The van der Waals surface area contributed by atoms with Crippen LogP contribution in [0.5, 0.6) is 0 Å². The summed E-state index contributed by atoms with van der Waals surface area (Å²) in [5.41, 5.74) is 13.6. The van der Waals surface area contributed by atoms with E-state index < -0.39 is 0 Å². The Labute approximate surface area is 176 Å². The number of allylic oxidation sites excluding steroid dienone is 3. The molecule has 29 heavy (non-hydrogen) atoms. The van der Waals surface area contributed by atoms with E-state index in [1.807, 2.05) is 0 Å². The molecule has 0 spiro atoms. The fourth-order valence-electron chi connectivity index (χ4n) is 6.05. The van der Waals surface area contributed by atoms with Crippen LogP contribution in [-0.4, -0.2) is 0 Å². The maximum absolute atomic E-state index is 4.43. The number of benzene rings is 2. The number of hydrogen-bond donors (Lipinski definition) is 0. The highest BCUT2D eigenvalue weighted by atomic mass is 14.4. The second kappa shape index (κ2) is 6.59. The smallest absolute Gasteiger partial charge is 0.00222 e. The molecule has 0 fully saturated rings. The second-order valence-corrected chi connectivity index (χ2v) is 10.3. The molecule has 0 N–H and O–H groups in total. The summed E-state index contributed by atoms with van der Waals surface area (Å²) in [6, 6.07) is 10.9. The average Bonchev–Trinajstić information content (AvgIpc) is 2.66. The molecule has 0 saturated heterocycles. The molecule has 0 heterocycles. The van der Waals surface area contributed by atoms with Crippen LogP contribution < -0.4 is 0 Å². The molecule has 2 atom stereocenters. The number of fused-ring (bicyclic) bond motifs is 6. The molecule has 0 saturated carbocycles. The van der Waals surface area contributed by atoms with Gasteiger partial charge < -0.3 is 0 Å². The van der Waals surface area contributed by atoms with Crippen molar-refractivity contribution < 1.29 is 0 Å². The van der Waals surface area contributed by atoms with Crippen molar-refractivity contribution in [3.63, 3.8) is 0 Å². The Hall–Kier alpha value is -2.34. The van der Waals surface area contributed by atoms with Gasteiger partial charge in [0.1, 0.15) is 0 Å². The monoisotopic (exact) mass is 380 g/mol. The van der Waals surface area contributed by atoms with E-state index in [4.69, 9.17) is 0 Å². The summed E-state index contributed by atoms with van der Waals surface area (Å²) in [5, 5.41) is 0. The molecule has 3 aliphatic rings. The van der Waals surface area contributed by atoms with Crippen LogP contribution in [-0.2, 0) is 19.3 Å². The van der Waals surface area contributed by atoms with Crippen molar-refractivity contribution in [1.29, 1.82) is 0 Å². The molecule has 0 aromatic heterocycles. The molecule has 0 aliphatic heterocycles. The van der Waals surface area contributed by atoms with E-state index in [0.717, 1.165) is 18.8 Å². The lowest BCUT2D eigenvalue weighted by Gasteiger charge is -2.39. The first kappa shape index (κ1) is 18.7. The van der Waals surface area contributed by atoms with Crippen LogP contribution in [0, 0.1) is 11.3 Å². The highest BCUT2D eigenvalue weighted by molar-refractivity contribution is 5.90. The normalized spacial score (nSPS) is 24.4. The van der Waals surface area contributed by atoms with Crippen molar-refractivity contribution in [2.24, 2.45) is 11.3 Å². The minimum atomic E-state index is 0.206. The molecule has 0 heteroatoms. The van der Waals surface area contributed by atoms with Crippen molar-refractivity contribution in [3.05, 3.63) is 93.6 Å². The fourth-order valence-corrected chi connectivity index (χ4v) is 6.05. The molecule has 2 aromatic carbocycles. The van der Waals surface area contributed by atoms with Gasteiger partial charge in [0.2, 0.25) is 0 Å². The van der Waals surface area contributed by atoms with Crippen LogP contribution in [0.25, 0.3) is 11.6 Å². The zero-order chi connectivity index (χ0) is 20.3. The Bertz CT molecular complexity index is 1060. The largest absolute Gasteiger partial charge is 0.0955 e. The second-order valence-electron chi connectivity index (χ2n) is 10.3. The Morgan fingerprint density at radius 2 is 1.76 bits per heavy atom. The summed E-state index contributed by atoms with van der Waals surface area (Å²) in [6.45, 7) is 14.0. The van der Waals surface area contributed by atoms with Crippen molar-refractivity contribution in [1.82, 2.24) is 0 Å². The van der Waals surface area contributed by atoms with Crippen LogP contribution in [0.2, 0.25) is 0 Å². The van der Waals surface area contributed by atoms with Crippen LogP contribution in [0.3, 0.4) is 0 Å². The fraction of sp³-hybridized carbons (Fsp3) is 0.379. The van der Waals surface area contributed by atoms with Gasteiger partial charge in [0.25, 0.3) is 0 Å². The van der Waals surface area contributed by atoms with Crippen LogP contribution in [0.4, 0.5) is 0 Å². The molecule has 0 amide bonds. The van der Waals surface area contributed by atoms with E-state index in [1.165, 1.54) is 40.7 Å². The zero-order valence-electron chi connectivity index (χ0n) is 18.3. The summed E-state index contributed by atoms with van der Waals surface area (Å²) in [6.07, 6.45) is 11.9. The van der Waals surface area contributed by atoms with Crippen LogP contribution in [0.1, 0.15) is 79.0 Å². The topological polar surface area (TPSA) is 0 Å². The minimum Gasteiger partial charge on any atom is -0.0955 e. The van der Waals surface area contributed by atoms with E-state index in [1.54, 1.807) is 22.3 Å². The molecular weight excluding hydrogens is 348 g/mol. The van der Waals surface area contributed by atoms with Crippen LogP contribution in [0.15, 0.2) is 54.6 Å². The van der Waals surface area contributed by atoms with E-state index in [-0.39, 0.29) is 5.41 Å². The summed E-state index contributed by atoms with van der Waals surface area (Å²) < 4.78 is 0. The van der Waals surface area contributed by atoms with E-state index in [2.05, 4.69) is 82.8 Å². The molecule has 2 aromatic rings.